The number of amides is 3. The third kappa shape index (κ3) is 3.62. The van der Waals surface area contributed by atoms with E-state index in [0.29, 0.717) is 18.7 Å². The van der Waals surface area contributed by atoms with E-state index in [1.54, 1.807) is 23.1 Å². The lowest BCUT2D eigenvalue weighted by Crippen LogP contribution is -2.44. The van der Waals surface area contributed by atoms with Crippen molar-refractivity contribution < 1.29 is 19.5 Å². The van der Waals surface area contributed by atoms with Crippen LogP contribution < -0.4 is 0 Å². The highest BCUT2D eigenvalue weighted by atomic mass is 32.2. The Hall–Kier alpha value is -2.28. The molecule has 2 aliphatic rings. The van der Waals surface area contributed by atoms with Crippen LogP contribution in [0.2, 0.25) is 0 Å². The van der Waals surface area contributed by atoms with E-state index >= 15 is 0 Å². The number of likely N-dealkylation sites (tertiary alicyclic amines) is 1. The Bertz CT molecular complexity index is 693. The van der Waals surface area contributed by atoms with Crippen LogP contribution in [-0.2, 0) is 9.59 Å². The van der Waals surface area contributed by atoms with Gasteiger partial charge in [0.1, 0.15) is 12.3 Å². The van der Waals surface area contributed by atoms with Gasteiger partial charge in [-0.05, 0) is 54.8 Å². The third-order valence-corrected chi connectivity index (χ3v) is 4.97. The van der Waals surface area contributed by atoms with Crippen molar-refractivity contribution >= 4 is 34.9 Å². The average Bonchev–Trinajstić information content (AvgIpc) is 2.85. The molecule has 3 rings (SSSR count). The van der Waals surface area contributed by atoms with E-state index in [9.17, 15) is 19.5 Å². The lowest BCUT2D eigenvalue weighted by Gasteiger charge is -2.27. The molecule has 0 saturated carbocycles. The number of rotatable bonds is 3. The summed E-state index contributed by atoms with van der Waals surface area (Å²) in [6, 6.07) is 6.33. The fourth-order valence-corrected chi connectivity index (χ4v) is 3.58. The lowest BCUT2D eigenvalue weighted by atomic mass is 10.1. The number of aromatic hydroxyl groups is 1. The highest BCUT2D eigenvalue weighted by Crippen LogP contribution is 2.32. The number of piperidine rings is 1. The molecular formula is C17H18N2O4S. The van der Waals surface area contributed by atoms with Crippen molar-refractivity contribution in [2.75, 3.05) is 19.6 Å². The predicted molar refractivity (Wildman–Crippen MR) is 91.2 cm³/mol. The molecule has 2 fully saturated rings. The van der Waals surface area contributed by atoms with Gasteiger partial charge in [0.2, 0.25) is 5.91 Å². The van der Waals surface area contributed by atoms with Crippen molar-refractivity contribution in [3.63, 3.8) is 0 Å². The van der Waals surface area contributed by atoms with Gasteiger partial charge in [0.25, 0.3) is 11.1 Å². The largest absolute Gasteiger partial charge is 0.508 e. The number of hydrogen-bond donors (Lipinski definition) is 1. The molecule has 6 nitrogen and oxygen atoms in total. The smallest absolute Gasteiger partial charge is 0.294 e. The maximum absolute atomic E-state index is 12.4. The number of thioether (sulfide) groups is 1. The Morgan fingerprint density at radius 3 is 2.46 bits per heavy atom. The SMILES string of the molecule is O=C(CN1C(=O)S/C(=C\c2ccc(O)cc2)C1=O)N1CCCCC1. The van der Waals surface area contributed by atoms with E-state index < -0.39 is 11.1 Å². The Morgan fingerprint density at radius 2 is 1.79 bits per heavy atom. The van der Waals surface area contributed by atoms with Gasteiger partial charge in [-0.15, -0.1) is 0 Å². The number of carbonyl (C=O) groups is 3. The highest BCUT2D eigenvalue weighted by molar-refractivity contribution is 8.18. The van der Waals surface area contributed by atoms with Gasteiger partial charge in [-0.3, -0.25) is 19.3 Å². The summed E-state index contributed by atoms with van der Waals surface area (Å²) >= 11 is 0.835. The standard InChI is InChI=1S/C17H18N2O4S/c20-13-6-4-12(5-7-13)10-14-16(22)19(17(23)24-14)11-15(21)18-8-2-1-3-9-18/h4-7,10,20H,1-3,8-9,11H2/b14-10-. The van der Waals surface area contributed by atoms with Crippen molar-refractivity contribution in [2.24, 2.45) is 0 Å². The normalized spacial score (nSPS) is 20.1. The second kappa shape index (κ2) is 7.09. The van der Waals surface area contributed by atoms with Crippen LogP contribution >= 0.6 is 11.8 Å². The number of phenols is 1. The van der Waals surface area contributed by atoms with Crippen molar-refractivity contribution in [3.05, 3.63) is 34.7 Å². The van der Waals surface area contributed by atoms with E-state index in [-0.39, 0.29) is 23.1 Å². The first-order valence-corrected chi connectivity index (χ1v) is 8.68. The third-order valence-electron chi connectivity index (χ3n) is 4.07. The summed E-state index contributed by atoms with van der Waals surface area (Å²) < 4.78 is 0. The fourth-order valence-electron chi connectivity index (χ4n) is 2.74. The summed E-state index contributed by atoms with van der Waals surface area (Å²) in [6.45, 7) is 1.19. The van der Waals surface area contributed by atoms with Crippen LogP contribution in [0.1, 0.15) is 24.8 Å². The molecule has 2 saturated heterocycles. The summed E-state index contributed by atoms with van der Waals surface area (Å²) in [6.07, 6.45) is 4.64. The van der Waals surface area contributed by atoms with E-state index in [4.69, 9.17) is 0 Å². The Balaban J connectivity index is 1.69. The summed E-state index contributed by atoms with van der Waals surface area (Å²) in [5.41, 5.74) is 0.709. The van der Waals surface area contributed by atoms with Crippen LogP contribution in [0.3, 0.4) is 0 Å². The summed E-state index contributed by atoms with van der Waals surface area (Å²) in [5, 5.41) is 8.86. The Labute approximate surface area is 144 Å². The molecule has 0 unspecified atom stereocenters. The minimum absolute atomic E-state index is 0.132. The molecule has 3 amide bonds. The number of benzene rings is 1. The topological polar surface area (TPSA) is 77.9 Å². The molecule has 1 N–H and O–H groups in total. The maximum atomic E-state index is 12.4. The molecule has 0 atom stereocenters. The molecule has 1 aromatic carbocycles. The van der Waals surface area contributed by atoms with Gasteiger partial charge in [-0.2, -0.15) is 0 Å². The second-order valence-electron chi connectivity index (χ2n) is 5.80. The predicted octanol–water partition coefficient (Wildman–Crippen LogP) is 2.44. The molecule has 24 heavy (non-hydrogen) atoms. The summed E-state index contributed by atoms with van der Waals surface area (Å²) in [7, 11) is 0. The average molecular weight is 346 g/mol. The van der Waals surface area contributed by atoms with Crippen LogP contribution in [0.25, 0.3) is 6.08 Å². The number of nitrogens with zero attached hydrogens (tertiary/aromatic N) is 2. The maximum Gasteiger partial charge on any atom is 0.294 e. The molecule has 7 heteroatoms. The zero-order valence-corrected chi connectivity index (χ0v) is 13.9. The Kier molecular flexibility index (Phi) is 4.89. The van der Waals surface area contributed by atoms with Gasteiger partial charge in [0, 0.05) is 13.1 Å². The lowest BCUT2D eigenvalue weighted by molar-refractivity contribution is -0.136. The van der Waals surface area contributed by atoms with Gasteiger partial charge in [0.05, 0.1) is 4.91 Å². The molecule has 2 heterocycles. The van der Waals surface area contributed by atoms with Crippen LogP contribution in [0.5, 0.6) is 5.75 Å². The molecule has 2 aliphatic heterocycles. The number of hydrogen-bond acceptors (Lipinski definition) is 5. The minimum atomic E-state index is -0.441. The van der Waals surface area contributed by atoms with Gasteiger partial charge >= 0.3 is 0 Å². The highest BCUT2D eigenvalue weighted by Gasteiger charge is 2.37. The first-order chi connectivity index (χ1) is 11.5. The van der Waals surface area contributed by atoms with Crippen LogP contribution in [0.4, 0.5) is 4.79 Å². The molecule has 0 aromatic heterocycles. The molecule has 126 valence electrons. The molecule has 1 aromatic rings. The number of phenolic OH excluding ortho intramolecular Hbond substituents is 1. The first-order valence-electron chi connectivity index (χ1n) is 7.87. The second-order valence-corrected chi connectivity index (χ2v) is 6.79. The van der Waals surface area contributed by atoms with Crippen molar-refractivity contribution in [3.8, 4) is 5.75 Å². The van der Waals surface area contributed by atoms with Crippen molar-refractivity contribution in [2.45, 2.75) is 19.3 Å². The van der Waals surface area contributed by atoms with Crippen LogP contribution in [0, 0.1) is 0 Å². The van der Waals surface area contributed by atoms with E-state index in [2.05, 4.69) is 0 Å². The summed E-state index contributed by atoms with van der Waals surface area (Å²) in [5.74, 6) is -0.487. The minimum Gasteiger partial charge on any atom is -0.508 e. The van der Waals surface area contributed by atoms with Crippen LogP contribution in [0.15, 0.2) is 29.2 Å². The van der Waals surface area contributed by atoms with Gasteiger partial charge in [-0.1, -0.05) is 12.1 Å². The number of carbonyl (C=O) groups excluding carboxylic acids is 3. The zero-order valence-electron chi connectivity index (χ0n) is 13.1. The Morgan fingerprint density at radius 1 is 1.12 bits per heavy atom. The van der Waals surface area contributed by atoms with Gasteiger partial charge < -0.3 is 10.0 Å². The molecule has 0 radical (unpaired) electrons. The number of imide groups is 1. The monoisotopic (exact) mass is 346 g/mol. The van der Waals surface area contributed by atoms with E-state index in [0.717, 1.165) is 35.9 Å². The fraction of sp³-hybridized carbons (Fsp3) is 0.353. The molecule has 0 bridgehead atoms. The molecule has 0 spiro atoms. The summed E-state index contributed by atoms with van der Waals surface area (Å²) in [4.78, 5) is 39.8. The van der Waals surface area contributed by atoms with Gasteiger partial charge in [-0.25, -0.2) is 0 Å². The first kappa shape index (κ1) is 16.6. The molecular weight excluding hydrogens is 328 g/mol. The quantitative estimate of drug-likeness (QED) is 0.851. The van der Waals surface area contributed by atoms with Crippen molar-refractivity contribution in [1.82, 2.24) is 9.80 Å². The van der Waals surface area contributed by atoms with Crippen molar-refractivity contribution in [1.29, 1.82) is 0 Å². The molecule has 0 aliphatic carbocycles. The zero-order chi connectivity index (χ0) is 17.1. The van der Waals surface area contributed by atoms with Crippen LogP contribution in [-0.4, -0.2) is 51.6 Å². The van der Waals surface area contributed by atoms with E-state index in [1.165, 1.54) is 12.1 Å². The van der Waals surface area contributed by atoms with E-state index in [1.807, 2.05) is 0 Å². The van der Waals surface area contributed by atoms with Gasteiger partial charge in [0.15, 0.2) is 0 Å².